The maximum absolute atomic E-state index is 12.5. The van der Waals surface area contributed by atoms with Crippen LogP contribution in [0.2, 0.25) is 0 Å². The van der Waals surface area contributed by atoms with E-state index >= 15 is 0 Å². The van der Waals surface area contributed by atoms with Gasteiger partial charge in [0.05, 0.1) is 0 Å². The van der Waals surface area contributed by atoms with E-state index in [1.165, 1.54) is 0 Å². The fourth-order valence-electron chi connectivity index (χ4n) is 2.67. The van der Waals surface area contributed by atoms with Crippen molar-refractivity contribution in [2.24, 2.45) is 5.92 Å². The monoisotopic (exact) mass is 254 g/mol. The zero-order valence-corrected chi connectivity index (χ0v) is 12.2. The van der Waals surface area contributed by atoms with E-state index in [1.54, 1.807) is 0 Å². The molecule has 104 valence electrons. The van der Waals surface area contributed by atoms with Gasteiger partial charge in [-0.25, -0.2) is 0 Å². The summed E-state index contributed by atoms with van der Waals surface area (Å²) in [6.07, 6.45) is 2.64. The van der Waals surface area contributed by atoms with Gasteiger partial charge in [-0.3, -0.25) is 9.59 Å². The zero-order chi connectivity index (χ0) is 13.9. The highest BCUT2D eigenvalue weighted by atomic mass is 16.2. The van der Waals surface area contributed by atoms with Crippen LogP contribution >= 0.6 is 0 Å². The lowest BCUT2D eigenvalue weighted by Gasteiger charge is -2.43. The van der Waals surface area contributed by atoms with Gasteiger partial charge in [-0.15, -0.1) is 0 Å². The second-order valence-corrected chi connectivity index (χ2v) is 5.54. The van der Waals surface area contributed by atoms with E-state index in [0.29, 0.717) is 6.42 Å². The quantitative estimate of drug-likeness (QED) is 0.815. The van der Waals surface area contributed by atoms with E-state index in [-0.39, 0.29) is 35.9 Å². The Hall–Kier alpha value is -1.06. The molecule has 0 saturated carbocycles. The van der Waals surface area contributed by atoms with Crippen molar-refractivity contribution in [3.8, 4) is 0 Å². The molecule has 2 amide bonds. The predicted molar refractivity (Wildman–Crippen MR) is 72.1 cm³/mol. The van der Waals surface area contributed by atoms with Gasteiger partial charge in [-0.1, -0.05) is 34.1 Å². The van der Waals surface area contributed by atoms with Crippen molar-refractivity contribution in [3.63, 3.8) is 0 Å². The van der Waals surface area contributed by atoms with Crippen LogP contribution in [0.4, 0.5) is 0 Å². The minimum absolute atomic E-state index is 0.00115. The van der Waals surface area contributed by atoms with Crippen molar-refractivity contribution in [2.45, 2.75) is 72.0 Å². The summed E-state index contributed by atoms with van der Waals surface area (Å²) in [4.78, 5) is 26.4. The molecule has 1 saturated heterocycles. The van der Waals surface area contributed by atoms with Crippen LogP contribution in [0.15, 0.2) is 0 Å². The Bertz CT molecular complexity index is 315. The molecule has 1 fully saturated rings. The molecule has 1 aliphatic heterocycles. The first-order chi connectivity index (χ1) is 8.43. The van der Waals surface area contributed by atoms with Crippen molar-refractivity contribution < 1.29 is 9.59 Å². The standard InChI is InChI=1S/C14H26N2O2/c1-6-8-10(5)16-11(7-2)13(17)15-12(9(3)4)14(16)18/h9-12H,6-8H2,1-5H3,(H,15,17). The summed E-state index contributed by atoms with van der Waals surface area (Å²) >= 11 is 0. The van der Waals surface area contributed by atoms with Crippen LogP contribution in [-0.4, -0.2) is 34.8 Å². The Labute approximate surface area is 110 Å². The first kappa shape index (κ1) is 15.0. The number of hydrogen-bond donors (Lipinski definition) is 1. The zero-order valence-electron chi connectivity index (χ0n) is 12.2. The Balaban J connectivity index is 2.98. The lowest BCUT2D eigenvalue weighted by Crippen LogP contribution is -2.66. The molecule has 0 aromatic heterocycles. The third kappa shape index (κ3) is 2.85. The molecule has 0 radical (unpaired) electrons. The van der Waals surface area contributed by atoms with Crippen molar-refractivity contribution in [1.82, 2.24) is 10.2 Å². The number of nitrogens with one attached hydrogen (secondary N) is 1. The molecule has 4 nitrogen and oxygen atoms in total. The third-order valence-corrected chi connectivity index (χ3v) is 3.69. The Morgan fingerprint density at radius 2 is 1.83 bits per heavy atom. The maximum Gasteiger partial charge on any atom is 0.246 e. The van der Waals surface area contributed by atoms with Crippen LogP contribution in [-0.2, 0) is 9.59 Å². The highest BCUT2D eigenvalue weighted by Crippen LogP contribution is 2.22. The smallest absolute Gasteiger partial charge is 0.246 e. The predicted octanol–water partition coefficient (Wildman–Crippen LogP) is 1.94. The topological polar surface area (TPSA) is 49.4 Å². The van der Waals surface area contributed by atoms with E-state index in [9.17, 15) is 9.59 Å². The van der Waals surface area contributed by atoms with Gasteiger partial charge >= 0.3 is 0 Å². The summed E-state index contributed by atoms with van der Waals surface area (Å²) < 4.78 is 0. The second-order valence-electron chi connectivity index (χ2n) is 5.54. The molecule has 0 aromatic carbocycles. The van der Waals surface area contributed by atoms with Crippen LogP contribution in [0, 0.1) is 5.92 Å². The van der Waals surface area contributed by atoms with E-state index < -0.39 is 0 Å². The Morgan fingerprint density at radius 3 is 2.28 bits per heavy atom. The summed E-state index contributed by atoms with van der Waals surface area (Å²) in [7, 11) is 0. The maximum atomic E-state index is 12.5. The summed E-state index contributed by atoms with van der Waals surface area (Å²) in [5.41, 5.74) is 0. The Kier molecular flexibility index (Phi) is 5.17. The summed E-state index contributed by atoms with van der Waals surface area (Å²) in [5, 5.41) is 2.86. The largest absolute Gasteiger partial charge is 0.342 e. The molecule has 1 rings (SSSR count). The number of nitrogens with zero attached hydrogens (tertiary/aromatic N) is 1. The molecular weight excluding hydrogens is 228 g/mol. The SMILES string of the molecule is CCCC(C)N1C(=O)C(C(C)C)NC(=O)C1CC. The Morgan fingerprint density at radius 1 is 1.22 bits per heavy atom. The molecule has 0 aromatic rings. The van der Waals surface area contributed by atoms with Gasteiger partial charge in [0.25, 0.3) is 0 Å². The normalized spacial score (nSPS) is 26.4. The van der Waals surface area contributed by atoms with Crippen molar-refractivity contribution >= 4 is 11.8 Å². The van der Waals surface area contributed by atoms with Crippen molar-refractivity contribution in [1.29, 1.82) is 0 Å². The van der Waals surface area contributed by atoms with Gasteiger partial charge in [0, 0.05) is 6.04 Å². The minimum atomic E-state index is -0.361. The first-order valence-electron chi connectivity index (χ1n) is 7.06. The fourth-order valence-corrected chi connectivity index (χ4v) is 2.67. The molecular formula is C14H26N2O2. The van der Waals surface area contributed by atoms with Crippen LogP contribution in [0.25, 0.3) is 0 Å². The summed E-state index contributed by atoms with van der Waals surface area (Å²) in [5.74, 6) is 0.215. The number of piperazine rings is 1. The highest BCUT2D eigenvalue weighted by molar-refractivity contribution is 5.97. The van der Waals surface area contributed by atoms with Gasteiger partial charge in [-0.2, -0.15) is 0 Å². The lowest BCUT2D eigenvalue weighted by atomic mass is 9.94. The van der Waals surface area contributed by atoms with E-state index in [0.717, 1.165) is 12.8 Å². The van der Waals surface area contributed by atoms with Crippen LogP contribution in [0.3, 0.4) is 0 Å². The van der Waals surface area contributed by atoms with Crippen LogP contribution in [0.5, 0.6) is 0 Å². The van der Waals surface area contributed by atoms with E-state index in [1.807, 2.05) is 32.6 Å². The average Bonchev–Trinajstić information content (AvgIpc) is 2.30. The fraction of sp³-hybridized carbons (Fsp3) is 0.857. The number of carbonyl (C=O) groups is 2. The molecule has 0 bridgehead atoms. The molecule has 0 spiro atoms. The highest BCUT2D eigenvalue weighted by Gasteiger charge is 2.42. The van der Waals surface area contributed by atoms with E-state index in [2.05, 4.69) is 12.2 Å². The molecule has 1 N–H and O–H groups in total. The average molecular weight is 254 g/mol. The van der Waals surface area contributed by atoms with Gasteiger partial charge in [-0.05, 0) is 25.7 Å². The summed E-state index contributed by atoms with van der Waals surface area (Å²) in [6, 6.07) is -0.520. The number of amides is 2. The first-order valence-corrected chi connectivity index (χ1v) is 7.06. The molecule has 1 aliphatic rings. The van der Waals surface area contributed by atoms with Gasteiger partial charge in [0.15, 0.2) is 0 Å². The van der Waals surface area contributed by atoms with Gasteiger partial charge in [0.1, 0.15) is 12.1 Å². The summed E-state index contributed by atoms with van der Waals surface area (Å²) in [6.45, 7) is 10.0. The minimum Gasteiger partial charge on any atom is -0.342 e. The van der Waals surface area contributed by atoms with Crippen LogP contribution < -0.4 is 5.32 Å². The van der Waals surface area contributed by atoms with Crippen molar-refractivity contribution in [3.05, 3.63) is 0 Å². The van der Waals surface area contributed by atoms with Gasteiger partial charge in [0.2, 0.25) is 11.8 Å². The molecule has 4 heteroatoms. The molecule has 3 unspecified atom stereocenters. The van der Waals surface area contributed by atoms with E-state index in [4.69, 9.17) is 0 Å². The third-order valence-electron chi connectivity index (χ3n) is 3.69. The molecule has 0 aliphatic carbocycles. The molecule has 1 heterocycles. The van der Waals surface area contributed by atoms with Crippen molar-refractivity contribution in [2.75, 3.05) is 0 Å². The number of hydrogen-bond acceptors (Lipinski definition) is 2. The van der Waals surface area contributed by atoms with Crippen LogP contribution in [0.1, 0.15) is 53.9 Å². The molecule has 18 heavy (non-hydrogen) atoms. The second kappa shape index (κ2) is 6.21. The number of rotatable bonds is 5. The van der Waals surface area contributed by atoms with Gasteiger partial charge < -0.3 is 10.2 Å². The lowest BCUT2D eigenvalue weighted by molar-refractivity contribution is -0.153. The number of carbonyl (C=O) groups excluding carboxylic acids is 2. The molecule has 3 atom stereocenters.